The molecule has 29 heavy (non-hydrogen) atoms. The molecule has 0 N–H and O–H groups in total. The second-order valence-electron chi connectivity index (χ2n) is 6.68. The van der Waals surface area contributed by atoms with Crippen LogP contribution in [0.3, 0.4) is 0 Å². The van der Waals surface area contributed by atoms with Gasteiger partial charge in [-0.1, -0.05) is 43.2 Å². The van der Waals surface area contributed by atoms with Gasteiger partial charge in [0, 0.05) is 9.13 Å². The van der Waals surface area contributed by atoms with E-state index in [4.69, 9.17) is 4.74 Å². The van der Waals surface area contributed by atoms with Crippen LogP contribution < -0.4 is 14.8 Å². The van der Waals surface area contributed by atoms with E-state index in [-0.39, 0.29) is 5.56 Å². The van der Waals surface area contributed by atoms with E-state index in [2.05, 4.69) is 39.6 Å². The van der Waals surface area contributed by atoms with Crippen LogP contribution in [0.5, 0.6) is 5.75 Å². The van der Waals surface area contributed by atoms with Gasteiger partial charge in [0.1, 0.15) is 5.75 Å². The molecule has 0 spiro atoms. The number of unbranched alkanes of at least 4 members (excludes halogenated alkanes) is 2. The van der Waals surface area contributed by atoms with E-state index in [0.29, 0.717) is 15.3 Å². The molecule has 0 saturated heterocycles. The standard InChI is InChI=1S/C22H20IN3O2S/c1-2-3-4-13-28-18-11-7-16(8-12-18)20-24-22-26(25-20)21(27)19(29-22)14-15-5-9-17(23)10-6-15/h5-12,14H,2-4,13H2,1H3. The smallest absolute Gasteiger partial charge is 0.291 e. The number of aromatic nitrogens is 3. The summed E-state index contributed by atoms with van der Waals surface area (Å²) in [7, 11) is 0. The van der Waals surface area contributed by atoms with Gasteiger partial charge in [-0.15, -0.1) is 5.10 Å². The molecule has 0 amide bonds. The molecule has 4 aromatic rings. The predicted octanol–water partition coefficient (Wildman–Crippen LogP) is 4.54. The molecule has 2 aromatic carbocycles. The minimum Gasteiger partial charge on any atom is -0.494 e. The molecule has 0 aliphatic heterocycles. The van der Waals surface area contributed by atoms with Gasteiger partial charge < -0.3 is 4.74 Å². The Hall–Kier alpha value is -2.26. The number of nitrogens with zero attached hydrogens (tertiary/aromatic N) is 3. The minimum absolute atomic E-state index is 0.141. The highest BCUT2D eigenvalue weighted by molar-refractivity contribution is 14.1. The van der Waals surface area contributed by atoms with Gasteiger partial charge in [0.15, 0.2) is 5.82 Å². The summed E-state index contributed by atoms with van der Waals surface area (Å²) in [5.74, 6) is 1.39. The summed E-state index contributed by atoms with van der Waals surface area (Å²) < 4.78 is 8.91. The number of rotatable bonds is 7. The average Bonchev–Trinajstić information content (AvgIpc) is 3.27. The Morgan fingerprint density at radius 1 is 1.10 bits per heavy atom. The number of benzene rings is 2. The molecule has 148 valence electrons. The number of fused-ring (bicyclic) bond motifs is 1. The van der Waals surface area contributed by atoms with Crippen molar-refractivity contribution in [1.29, 1.82) is 0 Å². The van der Waals surface area contributed by atoms with E-state index in [1.165, 1.54) is 28.7 Å². The Morgan fingerprint density at radius 2 is 1.86 bits per heavy atom. The van der Waals surface area contributed by atoms with Crippen LogP contribution in [0.25, 0.3) is 22.4 Å². The normalized spacial score (nSPS) is 12.0. The first-order valence-corrected chi connectivity index (χ1v) is 11.4. The van der Waals surface area contributed by atoms with Crippen LogP contribution in [0.1, 0.15) is 31.7 Å². The lowest BCUT2D eigenvalue weighted by molar-refractivity contribution is 0.306. The third-order valence-corrected chi connectivity index (χ3v) is 6.16. The number of hydrogen-bond donors (Lipinski definition) is 0. The first-order chi connectivity index (χ1) is 14.1. The van der Waals surface area contributed by atoms with Crippen LogP contribution in [0, 0.1) is 3.57 Å². The Bertz CT molecular complexity index is 1210. The quantitative estimate of drug-likeness (QED) is 0.267. The number of thiazole rings is 1. The molecule has 0 unspecified atom stereocenters. The molecular formula is C22H20IN3O2S. The molecule has 0 bridgehead atoms. The molecule has 0 fully saturated rings. The maximum Gasteiger partial charge on any atom is 0.291 e. The Balaban J connectivity index is 1.55. The topological polar surface area (TPSA) is 56.5 Å². The van der Waals surface area contributed by atoms with Crippen molar-refractivity contribution in [2.45, 2.75) is 26.2 Å². The summed E-state index contributed by atoms with van der Waals surface area (Å²) in [6.45, 7) is 2.90. The SMILES string of the molecule is CCCCCOc1ccc(-c2nc3sc(=Cc4ccc(I)cc4)c(=O)n3n2)cc1. The Labute approximate surface area is 186 Å². The first kappa shape index (κ1) is 20.0. The van der Waals surface area contributed by atoms with E-state index in [1.54, 1.807) is 0 Å². The van der Waals surface area contributed by atoms with E-state index < -0.39 is 0 Å². The second-order valence-corrected chi connectivity index (χ2v) is 8.93. The fourth-order valence-corrected chi connectivity index (χ4v) is 4.18. The van der Waals surface area contributed by atoms with Gasteiger partial charge in [0.2, 0.25) is 4.96 Å². The molecule has 0 aliphatic rings. The maximum atomic E-state index is 12.7. The van der Waals surface area contributed by atoms with Crippen LogP contribution in [0.4, 0.5) is 0 Å². The lowest BCUT2D eigenvalue weighted by atomic mass is 10.2. The molecule has 4 rings (SSSR count). The summed E-state index contributed by atoms with van der Waals surface area (Å²) in [6, 6.07) is 15.7. The lowest BCUT2D eigenvalue weighted by Crippen LogP contribution is -2.23. The van der Waals surface area contributed by atoms with Gasteiger partial charge in [0.25, 0.3) is 5.56 Å². The van der Waals surface area contributed by atoms with Gasteiger partial charge >= 0.3 is 0 Å². The van der Waals surface area contributed by atoms with Crippen molar-refractivity contribution in [3.8, 4) is 17.1 Å². The molecule has 0 aliphatic carbocycles. The van der Waals surface area contributed by atoms with Gasteiger partial charge in [0.05, 0.1) is 11.1 Å². The molecule has 2 aromatic heterocycles. The van der Waals surface area contributed by atoms with Crippen LogP contribution >= 0.6 is 33.9 Å². The molecular weight excluding hydrogens is 497 g/mol. The molecule has 7 heteroatoms. The minimum atomic E-state index is -0.141. The average molecular weight is 517 g/mol. The summed E-state index contributed by atoms with van der Waals surface area (Å²) in [6.07, 6.45) is 5.29. The van der Waals surface area contributed by atoms with Crippen molar-refractivity contribution in [2.24, 2.45) is 0 Å². The highest BCUT2D eigenvalue weighted by Crippen LogP contribution is 2.20. The summed E-state index contributed by atoms with van der Waals surface area (Å²) in [4.78, 5) is 17.8. The fraction of sp³-hybridized carbons (Fsp3) is 0.227. The second kappa shape index (κ2) is 9.04. The zero-order chi connectivity index (χ0) is 20.2. The predicted molar refractivity (Wildman–Crippen MR) is 126 cm³/mol. The van der Waals surface area contributed by atoms with E-state index in [1.807, 2.05) is 54.6 Å². The molecule has 0 atom stereocenters. The zero-order valence-corrected chi connectivity index (χ0v) is 18.9. The van der Waals surface area contributed by atoms with Crippen molar-refractivity contribution in [3.63, 3.8) is 0 Å². The van der Waals surface area contributed by atoms with Crippen LogP contribution in [-0.2, 0) is 0 Å². The van der Waals surface area contributed by atoms with Crippen molar-refractivity contribution < 1.29 is 4.74 Å². The lowest BCUT2D eigenvalue weighted by Gasteiger charge is -2.05. The highest BCUT2D eigenvalue weighted by Gasteiger charge is 2.12. The number of halogens is 1. The molecule has 5 nitrogen and oxygen atoms in total. The summed E-state index contributed by atoms with van der Waals surface area (Å²) in [5.41, 5.74) is 1.71. The fourth-order valence-electron chi connectivity index (χ4n) is 2.91. The Kier molecular flexibility index (Phi) is 6.25. The Morgan fingerprint density at radius 3 is 2.55 bits per heavy atom. The van der Waals surface area contributed by atoms with Gasteiger partial charge in [-0.2, -0.15) is 9.50 Å². The molecule has 0 saturated carbocycles. The van der Waals surface area contributed by atoms with Gasteiger partial charge in [-0.3, -0.25) is 4.79 Å². The largest absolute Gasteiger partial charge is 0.494 e. The van der Waals surface area contributed by atoms with E-state index >= 15 is 0 Å². The van der Waals surface area contributed by atoms with Crippen molar-refractivity contribution in [3.05, 3.63) is 72.6 Å². The highest BCUT2D eigenvalue weighted by atomic mass is 127. The van der Waals surface area contributed by atoms with Crippen LogP contribution in [0.2, 0.25) is 0 Å². The molecule has 0 radical (unpaired) electrons. The monoisotopic (exact) mass is 517 g/mol. The maximum absolute atomic E-state index is 12.7. The van der Waals surface area contributed by atoms with Gasteiger partial charge in [-0.05, 0) is 77.0 Å². The van der Waals surface area contributed by atoms with Crippen molar-refractivity contribution in [2.75, 3.05) is 6.61 Å². The number of ether oxygens (including phenoxy) is 1. The van der Waals surface area contributed by atoms with Crippen molar-refractivity contribution >= 4 is 45.0 Å². The van der Waals surface area contributed by atoms with E-state index in [0.717, 1.165) is 33.5 Å². The van der Waals surface area contributed by atoms with Crippen LogP contribution in [-0.4, -0.2) is 21.2 Å². The van der Waals surface area contributed by atoms with Crippen LogP contribution in [0.15, 0.2) is 53.3 Å². The summed E-state index contributed by atoms with van der Waals surface area (Å²) >= 11 is 3.61. The molecule has 2 heterocycles. The zero-order valence-electron chi connectivity index (χ0n) is 16.0. The third-order valence-electron chi connectivity index (χ3n) is 4.48. The van der Waals surface area contributed by atoms with E-state index in [9.17, 15) is 4.79 Å². The van der Waals surface area contributed by atoms with Gasteiger partial charge in [-0.25, -0.2) is 0 Å². The first-order valence-electron chi connectivity index (χ1n) is 9.54. The van der Waals surface area contributed by atoms with Crippen molar-refractivity contribution in [1.82, 2.24) is 14.6 Å². The number of hydrogen-bond acceptors (Lipinski definition) is 5. The third kappa shape index (κ3) is 4.67. The summed E-state index contributed by atoms with van der Waals surface area (Å²) in [5, 5.41) is 4.42.